The Bertz CT molecular complexity index is 1200. The third-order valence-electron chi connectivity index (χ3n) is 6.52. The number of piperidine rings is 1. The number of aliphatic hydroxyl groups is 1. The van der Waals surface area contributed by atoms with Gasteiger partial charge in [-0.2, -0.15) is 0 Å². The van der Waals surface area contributed by atoms with Gasteiger partial charge >= 0.3 is 0 Å². The van der Waals surface area contributed by atoms with E-state index in [0.717, 1.165) is 37.1 Å². The summed E-state index contributed by atoms with van der Waals surface area (Å²) >= 11 is 0. The Labute approximate surface area is 203 Å². The van der Waals surface area contributed by atoms with Crippen molar-refractivity contribution >= 4 is 35.5 Å². The number of amides is 1. The number of carbonyl (C=O) groups excluding carboxylic acids is 2. The van der Waals surface area contributed by atoms with Crippen molar-refractivity contribution in [2.24, 2.45) is 5.92 Å². The van der Waals surface area contributed by atoms with Crippen LogP contribution in [0.2, 0.25) is 0 Å². The van der Waals surface area contributed by atoms with Gasteiger partial charge in [-0.3, -0.25) is 14.5 Å². The van der Waals surface area contributed by atoms with Crippen LogP contribution in [0, 0.1) is 12.8 Å². The maximum Gasteiger partial charge on any atom is 0.299 e. The quantitative estimate of drug-likeness (QED) is 0.328. The van der Waals surface area contributed by atoms with Crippen molar-refractivity contribution in [1.29, 1.82) is 0 Å². The molecule has 1 atom stereocenters. The summed E-state index contributed by atoms with van der Waals surface area (Å²) in [5, 5.41) is 18.5. The highest BCUT2D eigenvalue weighted by Crippen LogP contribution is 2.39. The summed E-state index contributed by atoms with van der Waals surface area (Å²) in [5.41, 5.74) is 3.94. The number of nitrogens with zero attached hydrogens (tertiary/aromatic N) is 2. The molecule has 1 aromatic heterocycles. The summed E-state index contributed by atoms with van der Waals surface area (Å²) in [6.07, 6.45) is 3.12. The minimum atomic E-state index is -0.641. The molecular weight excluding hydrogens is 454 g/mol. The monoisotopic (exact) mass is 479 g/mol. The van der Waals surface area contributed by atoms with Crippen LogP contribution in [0.1, 0.15) is 24.0 Å². The zero-order valence-corrected chi connectivity index (χ0v) is 19.5. The molecule has 2 aliphatic heterocycles. The molecule has 2 saturated heterocycles. The molecule has 0 bridgehead atoms. The number of aromatic nitrogens is 1. The topological polar surface area (TPSA) is 95.7 Å². The molecular formula is C26H26ClN3O4. The first-order valence-corrected chi connectivity index (χ1v) is 11.1. The van der Waals surface area contributed by atoms with Gasteiger partial charge in [-0.1, -0.05) is 47.1 Å². The van der Waals surface area contributed by atoms with Crippen LogP contribution in [0.3, 0.4) is 0 Å². The fourth-order valence-corrected chi connectivity index (χ4v) is 4.77. The van der Waals surface area contributed by atoms with Crippen LogP contribution in [-0.4, -0.2) is 41.1 Å². The molecule has 2 fully saturated rings. The van der Waals surface area contributed by atoms with Crippen molar-refractivity contribution in [3.63, 3.8) is 0 Å². The molecule has 7 nitrogen and oxygen atoms in total. The van der Waals surface area contributed by atoms with Gasteiger partial charge in [-0.15, -0.1) is 12.4 Å². The average Bonchev–Trinajstić information content (AvgIpc) is 3.47. The van der Waals surface area contributed by atoms with Gasteiger partial charge in [0.1, 0.15) is 17.7 Å². The highest BCUT2D eigenvalue weighted by Gasteiger charge is 2.49. The minimum Gasteiger partial charge on any atom is -0.507 e. The van der Waals surface area contributed by atoms with Crippen molar-refractivity contribution in [3.05, 3.63) is 77.6 Å². The summed E-state index contributed by atoms with van der Waals surface area (Å²) in [7, 11) is 0. The highest BCUT2D eigenvalue weighted by molar-refractivity contribution is 6.51. The first kappa shape index (κ1) is 23.7. The van der Waals surface area contributed by atoms with Crippen LogP contribution >= 0.6 is 12.4 Å². The van der Waals surface area contributed by atoms with Crippen molar-refractivity contribution in [2.45, 2.75) is 25.8 Å². The van der Waals surface area contributed by atoms with E-state index in [1.54, 1.807) is 23.1 Å². The SMILES string of the molecule is Cc1ccc(C(O)=C2C(=O)C(=O)N(c3ccc(-c4ccon4)cc3)C2C2CCNCC2)cc1.Cl. The number of aryl methyl sites for hydroxylation is 1. The number of benzene rings is 2. The molecule has 0 radical (unpaired) electrons. The standard InChI is InChI=1S/C26H25N3O4.ClH/c1-16-2-4-19(5-3-16)24(30)22-23(18-10-13-27-14-11-18)29(26(32)25(22)31)20-8-6-17(7-9-20)21-12-15-33-28-21;/h2-9,12,15,18,23,27,30H,10-11,13-14H2,1H3;1H. The second kappa shape index (κ2) is 9.83. The summed E-state index contributed by atoms with van der Waals surface area (Å²) in [5.74, 6) is -1.31. The molecule has 176 valence electrons. The van der Waals surface area contributed by atoms with Gasteiger partial charge in [-0.05, 0) is 50.9 Å². The summed E-state index contributed by atoms with van der Waals surface area (Å²) < 4.78 is 4.92. The van der Waals surface area contributed by atoms with Gasteiger partial charge in [-0.25, -0.2) is 0 Å². The summed E-state index contributed by atoms with van der Waals surface area (Å²) in [4.78, 5) is 28.1. The molecule has 2 aliphatic rings. The predicted molar refractivity (Wildman–Crippen MR) is 132 cm³/mol. The number of halogens is 1. The third kappa shape index (κ3) is 4.24. The van der Waals surface area contributed by atoms with E-state index in [-0.39, 0.29) is 29.7 Å². The number of ketones is 1. The maximum absolute atomic E-state index is 13.3. The molecule has 34 heavy (non-hydrogen) atoms. The zero-order valence-electron chi connectivity index (χ0n) is 18.7. The molecule has 1 unspecified atom stereocenters. The zero-order chi connectivity index (χ0) is 22.9. The van der Waals surface area contributed by atoms with E-state index in [2.05, 4.69) is 10.5 Å². The number of nitrogens with one attached hydrogen (secondary N) is 1. The Balaban J connectivity index is 0.00000274. The molecule has 3 heterocycles. The minimum absolute atomic E-state index is 0. The molecule has 0 aliphatic carbocycles. The third-order valence-corrected chi connectivity index (χ3v) is 6.52. The number of aliphatic hydroxyl groups excluding tert-OH is 1. The lowest BCUT2D eigenvalue weighted by atomic mass is 9.84. The summed E-state index contributed by atoms with van der Waals surface area (Å²) in [6, 6.07) is 15.9. The first-order valence-electron chi connectivity index (χ1n) is 11.1. The normalized spacial score (nSPS) is 20.4. The molecule has 0 spiro atoms. The number of carbonyl (C=O) groups is 2. The Morgan fingerprint density at radius 2 is 1.71 bits per heavy atom. The van der Waals surface area contributed by atoms with Crippen molar-refractivity contribution in [2.75, 3.05) is 18.0 Å². The number of hydrogen-bond donors (Lipinski definition) is 2. The van der Waals surface area contributed by atoms with Crippen LogP contribution in [0.4, 0.5) is 5.69 Å². The predicted octanol–water partition coefficient (Wildman–Crippen LogP) is 4.33. The van der Waals surface area contributed by atoms with Crippen LogP contribution < -0.4 is 10.2 Å². The fraction of sp³-hybridized carbons (Fsp3) is 0.269. The second-order valence-electron chi connectivity index (χ2n) is 8.60. The molecule has 2 N–H and O–H groups in total. The lowest BCUT2D eigenvalue weighted by Gasteiger charge is -2.34. The molecule has 3 aromatic rings. The van der Waals surface area contributed by atoms with Crippen LogP contribution in [-0.2, 0) is 9.59 Å². The van der Waals surface area contributed by atoms with Gasteiger partial charge in [0, 0.05) is 22.9 Å². The van der Waals surface area contributed by atoms with Crippen molar-refractivity contribution in [1.82, 2.24) is 10.5 Å². The Morgan fingerprint density at radius 1 is 1.03 bits per heavy atom. The number of rotatable bonds is 4. The first-order chi connectivity index (χ1) is 16.0. The van der Waals surface area contributed by atoms with Gasteiger partial charge < -0.3 is 14.9 Å². The lowest BCUT2D eigenvalue weighted by Crippen LogP contribution is -2.43. The van der Waals surface area contributed by atoms with Crippen LogP contribution in [0.15, 0.2) is 71.0 Å². The van der Waals surface area contributed by atoms with Crippen molar-refractivity contribution in [3.8, 4) is 11.3 Å². The van der Waals surface area contributed by atoms with E-state index >= 15 is 0 Å². The average molecular weight is 480 g/mol. The molecule has 0 saturated carbocycles. The Morgan fingerprint density at radius 3 is 2.32 bits per heavy atom. The molecule has 2 aromatic carbocycles. The summed E-state index contributed by atoms with van der Waals surface area (Å²) in [6.45, 7) is 3.57. The molecule has 1 amide bonds. The number of hydrogen-bond acceptors (Lipinski definition) is 6. The van der Waals surface area contributed by atoms with E-state index < -0.39 is 17.7 Å². The van der Waals surface area contributed by atoms with Gasteiger partial charge in [0.05, 0.1) is 11.6 Å². The van der Waals surface area contributed by atoms with E-state index in [1.165, 1.54) is 6.26 Å². The Hall–Kier alpha value is -3.42. The fourth-order valence-electron chi connectivity index (χ4n) is 4.77. The van der Waals surface area contributed by atoms with E-state index in [1.807, 2.05) is 43.3 Å². The smallest absolute Gasteiger partial charge is 0.299 e. The van der Waals surface area contributed by atoms with Crippen LogP contribution in [0.25, 0.3) is 17.0 Å². The van der Waals surface area contributed by atoms with Gasteiger partial charge in [0.2, 0.25) is 0 Å². The van der Waals surface area contributed by atoms with E-state index in [9.17, 15) is 14.7 Å². The highest BCUT2D eigenvalue weighted by atomic mass is 35.5. The van der Waals surface area contributed by atoms with Gasteiger partial charge in [0.15, 0.2) is 0 Å². The van der Waals surface area contributed by atoms with E-state index in [0.29, 0.717) is 16.9 Å². The Kier molecular flexibility index (Phi) is 6.86. The van der Waals surface area contributed by atoms with Crippen LogP contribution in [0.5, 0.6) is 0 Å². The second-order valence-corrected chi connectivity index (χ2v) is 8.60. The van der Waals surface area contributed by atoms with E-state index in [4.69, 9.17) is 4.52 Å². The molecule has 5 rings (SSSR count). The number of anilines is 1. The van der Waals surface area contributed by atoms with Crippen molar-refractivity contribution < 1.29 is 19.2 Å². The largest absolute Gasteiger partial charge is 0.507 e. The molecule has 8 heteroatoms. The maximum atomic E-state index is 13.3. The lowest BCUT2D eigenvalue weighted by molar-refractivity contribution is -0.132. The van der Waals surface area contributed by atoms with Gasteiger partial charge in [0.25, 0.3) is 11.7 Å². The number of Topliss-reactive ketones (excluding diaryl/α,β-unsaturated/α-hetero) is 1.